The van der Waals surface area contributed by atoms with Crippen LogP contribution in [0.25, 0.3) is 0 Å². The Kier molecular flexibility index (Phi) is 3.81. The van der Waals surface area contributed by atoms with Gasteiger partial charge in [0, 0.05) is 23.8 Å². The van der Waals surface area contributed by atoms with Crippen LogP contribution >= 0.6 is 11.3 Å². The monoisotopic (exact) mass is 262 g/mol. The highest BCUT2D eigenvalue weighted by atomic mass is 32.1. The number of nitrogens with one attached hydrogen (secondary N) is 1. The van der Waals surface area contributed by atoms with E-state index in [1.165, 1.54) is 0 Å². The van der Waals surface area contributed by atoms with Crippen molar-refractivity contribution in [2.45, 2.75) is 33.4 Å². The molecule has 2 aromatic heterocycles. The number of aromatic nitrogens is 3. The molecule has 2 aromatic rings. The molecule has 0 aliphatic carbocycles. The number of aryl methyl sites for hydroxylation is 2. The fourth-order valence-corrected chi connectivity index (χ4v) is 2.57. The van der Waals surface area contributed by atoms with Gasteiger partial charge in [0.2, 0.25) is 5.95 Å². The second-order valence-corrected chi connectivity index (χ2v) is 5.23. The van der Waals surface area contributed by atoms with Crippen molar-refractivity contribution in [2.24, 2.45) is 0 Å². The molecule has 0 aromatic carbocycles. The molecular weight excluding hydrogens is 244 g/mol. The van der Waals surface area contributed by atoms with Gasteiger partial charge in [-0.2, -0.15) is 0 Å². The molecule has 2 rings (SSSR count). The molecule has 5 heteroatoms. The summed E-state index contributed by atoms with van der Waals surface area (Å²) in [6, 6.07) is 0.161. The van der Waals surface area contributed by atoms with Crippen LogP contribution in [0.15, 0.2) is 24.2 Å². The van der Waals surface area contributed by atoms with Gasteiger partial charge in [0.25, 0.3) is 0 Å². The number of thiazole rings is 1. The van der Waals surface area contributed by atoms with Crippen molar-refractivity contribution in [3.63, 3.8) is 0 Å². The fourth-order valence-electron chi connectivity index (χ4n) is 1.77. The van der Waals surface area contributed by atoms with E-state index < -0.39 is 0 Å². The molecule has 0 saturated carbocycles. The maximum atomic E-state index is 4.49. The predicted molar refractivity (Wildman–Crippen MR) is 76.0 cm³/mol. The summed E-state index contributed by atoms with van der Waals surface area (Å²) in [4.78, 5) is 8.97. The molecule has 0 spiro atoms. The molecule has 1 atom stereocenters. The number of rotatable bonds is 5. The number of hydrogen-bond donors (Lipinski definition) is 1. The minimum atomic E-state index is 0.161. The Morgan fingerprint density at radius 1 is 1.44 bits per heavy atom. The summed E-state index contributed by atoms with van der Waals surface area (Å²) >= 11 is 1.67. The Balaban J connectivity index is 2.15. The molecule has 18 heavy (non-hydrogen) atoms. The van der Waals surface area contributed by atoms with Crippen LogP contribution in [-0.2, 0) is 6.54 Å². The number of nitrogens with zero attached hydrogens (tertiary/aromatic N) is 3. The first-order valence-corrected chi connectivity index (χ1v) is 6.81. The molecular formula is C13H18N4S. The van der Waals surface area contributed by atoms with E-state index in [9.17, 15) is 0 Å². The summed E-state index contributed by atoms with van der Waals surface area (Å²) in [5.74, 6) is 0.868. The van der Waals surface area contributed by atoms with Crippen molar-refractivity contribution in [1.82, 2.24) is 14.5 Å². The van der Waals surface area contributed by atoms with E-state index >= 15 is 0 Å². The first kappa shape index (κ1) is 12.8. The smallest absolute Gasteiger partial charge is 0.203 e. The first-order chi connectivity index (χ1) is 8.60. The van der Waals surface area contributed by atoms with E-state index in [2.05, 4.69) is 38.7 Å². The zero-order chi connectivity index (χ0) is 13.1. The SMILES string of the molecule is C=CCn1cc(C)nc1NC(C)c1nc(C)cs1. The highest BCUT2D eigenvalue weighted by Crippen LogP contribution is 2.22. The molecule has 0 saturated heterocycles. The molecule has 0 fully saturated rings. The summed E-state index contributed by atoms with van der Waals surface area (Å²) in [5.41, 5.74) is 2.07. The van der Waals surface area contributed by atoms with Gasteiger partial charge in [-0.25, -0.2) is 9.97 Å². The molecule has 0 aliphatic rings. The molecule has 4 nitrogen and oxygen atoms in total. The van der Waals surface area contributed by atoms with Gasteiger partial charge in [-0.05, 0) is 20.8 Å². The zero-order valence-electron chi connectivity index (χ0n) is 11.0. The Labute approximate surface area is 111 Å². The average molecular weight is 262 g/mol. The summed E-state index contributed by atoms with van der Waals surface area (Å²) in [6.07, 6.45) is 3.88. The number of imidazole rings is 1. The fraction of sp³-hybridized carbons (Fsp3) is 0.385. The highest BCUT2D eigenvalue weighted by Gasteiger charge is 2.12. The van der Waals surface area contributed by atoms with Gasteiger partial charge in [0.15, 0.2) is 0 Å². The van der Waals surface area contributed by atoms with Crippen molar-refractivity contribution in [2.75, 3.05) is 5.32 Å². The summed E-state index contributed by atoms with van der Waals surface area (Å²) in [5, 5.41) is 6.54. The van der Waals surface area contributed by atoms with Crippen LogP contribution in [0.2, 0.25) is 0 Å². The van der Waals surface area contributed by atoms with E-state index in [-0.39, 0.29) is 6.04 Å². The molecule has 96 valence electrons. The van der Waals surface area contributed by atoms with Crippen LogP contribution in [0.4, 0.5) is 5.95 Å². The summed E-state index contributed by atoms with van der Waals surface area (Å²) in [6.45, 7) is 10.6. The van der Waals surface area contributed by atoms with Crippen molar-refractivity contribution in [1.29, 1.82) is 0 Å². The van der Waals surface area contributed by atoms with Crippen LogP contribution in [-0.4, -0.2) is 14.5 Å². The summed E-state index contributed by atoms with van der Waals surface area (Å²) < 4.78 is 2.05. The van der Waals surface area contributed by atoms with Gasteiger partial charge >= 0.3 is 0 Å². The van der Waals surface area contributed by atoms with Crippen LogP contribution in [0.3, 0.4) is 0 Å². The van der Waals surface area contributed by atoms with Crippen molar-refractivity contribution < 1.29 is 0 Å². The standard InChI is InChI=1S/C13H18N4S/c1-5-6-17-7-9(2)15-13(17)16-11(4)12-14-10(3)8-18-12/h5,7-8,11H,1,6H2,2-4H3,(H,15,16). The molecule has 0 bridgehead atoms. The topological polar surface area (TPSA) is 42.7 Å². The van der Waals surface area contributed by atoms with Crippen molar-refractivity contribution in [3.8, 4) is 0 Å². The number of anilines is 1. The minimum Gasteiger partial charge on any atom is -0.347 e. The Bertz CT molecular complexity index is 541. The van der Waals surface area contributed by atoms with Crippen LogP contribution < -0.4 is 5.32 Å². The molecule has 2 heterocycles. The van der Waals surface area contributed by atoms with Crippen LogP contribution in [0.1, 0.15) is 29.4 Å². The lowest BCUT2D eigenvalue weighted by Gasteiger charge is -2.13. The van der Waals surface area contributed by atoms with Gasteiger partial charge < -0.3 is 9.88 Å². The maximum Gasteiger partial charge on any atom is 0.203 e. The third kappa shape index (κ3) is 2.79. The number of hydrogen-bond acceptors (Lipinski definition) is 4. The Morgan fingerprint density at radius 2 is 2.22 bits per heavy atom. The number of allylic oxidation sites excluding steroid dienone is 1. The van der Waals surface area contributed by atoms with Gasteiger partial charge in [-0.15, -0.1) is 17.9 Å². The van der Waals surface area contributed by atoms with Gasteiger partial charge in [-0.3, -0.25) is 0 Å². The van der Waals surface area contributed by atoms with E-state index in [1.54, 1.807) is 11.3 Å². The van der Waals surface area contributed by atoms with Crippen LogP contribution in [0, 0.1) is 13.8 Å². The third-order valence-corrected chi connectivity index (χ3v) is 3.72. The Hall–Kier alpha value is -1.62. The third-order valence-electron chi connectivity index (χ3n) is 2.58. The van der Waals surface area contributed by atoms with E-state index in [4.69, 9.17) is 0 Å². The van der Waals surface area contributed by atoms with E-state index in [1.807, 2.05) is 26.1 Å². The first-order valence-electron chi connectivity index (χ1n) is 5.93. The molecule has 0 radical (unpaired) electrons. The quantitative estimate of drug-likeness (QED) is 0.841. The molecule has 0 aliphatic heterocycles. The van der Waals surface area contributed by atoms with E-state index in [0.29, 0.717) is 0 Å². The summed E-state index contributed by atoms with van der Waals surface area (Å²) in [7, 11) is 0. The second-order valence-electron chi connectivity index (χ2n) is 4.34. The average Bonchev–Trinajstić information content (AvgIpc) is 2.87. The minimum absolute atomic E-state index is 0.161. The van der Waals surface area contributed by atoms with Gasteiger partial charge in [0.05, 0.1) is 11.7 Å². The van der Waals surface area contributed by atoms with Crippen molar-refractivity contribution in [3.05, 3.63) is 40.6 Å². The van der Waals surface area contributed by atoms with E-state index in [0.717, 1.165) is 28.9 Å². The molecule has 1 unspecified atom stereocenters. The normalized spacial score (nSPS) is 12.4. The van der Waals surface area contributed by atoms with Crippen LogP contribution in [0.5, 0.6) is 0 Å². The lowest BCUT2D eigenvalue weighted by atomic mass is 10.3. The van der Waals surface area contributed by atoms with Gasteiger partial charge in [-0.1, -0.05) is 6.08 Å². The predicted octanol–water partition coefficient (Wildman–Crippen LogP) is 3.32. The zero-order valence-corrected chi connectivity index (χ0v) is 11.8. The highest BCUT2D eigenvalue weighted by molar-refractivity contribution is 7.09. The maximum absolute atomic E-state index is 4.49. The van der Waals surface area contributed by atoms with Gasteiger partial charge in [0.1, 0.15) is 5.01 Å². The second kappa shape index (κ2) is 5.35. The Morgan fingerprint density at radius 3 is 2.83 bits per heavy atom. The van der Waals surface area contributed by atoms with Crippen molar-refractivity contribution >= 4 is 17.3 Å². The lowest BCUT2D eigenvalue weighted by Crippen LogP contribution is -2.11. The lowest BCUT2D eigenvalue weighted by molar-refractivity contribution is 0.779. The molecule has 1 N–H and O–H groups in total. The largest absolute Gasteiger partial charge is 0.347 e. The molecule has 0 amide bonds.